The lowest BCUT2D eigenvalue weighted by Gasteiger charge is -2.22. The summed E-state index contributed by atoms with van der Waals surface area (Å²) in [5.74, 6) is -0.884. The summed E-state index contributed by atoms with van der Waals surface area (Å²) in [6, 6.07) is 0. The fourth-order valence-corrected chi connectivity index (χ4v) is 2.34. The van der Waals surface area contributed by atoms with Crippen LogP contribution in [0.5, 0.6) is 0 Å². The van der Waals surface area contributed by atoms with Crippen LogP contribution in [0.1, 0.15) is 20.8 Å². The number of carboxylic acids is 1. The Morgan fingerprint density at radius 1 is 1.20 bits per heavy atom. The van der Waals surface area contributed by atoms with E-state index in [4.69, 9.17) is 5.11 Å². The minimum Gasteiger partial charge on any atom is -0.480 e. The lowest BCUT2D eigenvalue weighted by Crippen LogP contribution is -2.33. The van der Waals surface area contributed by atoms with Gasteiger partial charge in [0.15, 0.2) is 0 Å². The SMILES string of the molecule is CC(SC(C(=O)O)C(C)C)C(=O)N(C)C. The van der Waals surface area contributed by atoms with E-state index in [1.807, 2.05) is 13.8 Å². The average Bonchev–Trinajstić information content (AvgIpc) is 2.11. The lowest BCUT2D eigenvalue weighted by atomic mass is 10.1. The second-order valence-corrected chi connectivity index (χ2v) is 5.50. The predicted octanol–water partition coefficient (Wildman–Crippen LogP) is 1.31. The Kier molecular flexibility index (Phi) is 5.72. The molecule has 0 spiro atoms. The zero-order chi connectivity index (χ0) is 12.2. The van der Waals surface area contributed by atoms with Crippen molar-refractivity contribution in [2.24, 2.45) is 5.92 Å². The fourth-order valence-electron chi connectivity index (χ4n) is 1.14. The quantitative estimate of drug-likeness (QED) is 0.777. The van der Waals surface area contributed by atoms with Crippen LogP contribution in [0.4, 0.5) is 0 Å². The Labute approximate surface area is 95.0 Å². The molecule has 0 saturated carbocycles. The first-order valence-electron chi connectivity index (χ1n) is 4.86. The largest absolute Gasteiger partial charge is 0.480 e. The van der Waals surface area contributed by atoms with Gasteiger partial charge in [0.25, 0.3) is 0 Å². The highest BCUT2D eigenvalue weighted by Gasteiger charge is 2.27. The summed E-state index contributed by atoms with van der Waals surface area (Å²) in [6.07, 6.45) is 0. The van der Waals surface area contributed by atoms with Crippen LogP contribution in [-0.4, -0.2) is 46.5 Å². The van der Waals surface area contributed by atoms with Crippen LogP contribution in [0, 0.1) is 5.92 Å². The Balaban J connectivity index is 4.42. The van der Waals surface area contributed by atoms with Gasteiger partial charge in [-0.1, -0.05) is 13.8 Å². The number of aliphatic carboxylic acids is 1. The molecule has 5 heteroatoms. The molecule has 2 atom stereocenters. The number of carboxylic acid groups (broad SMARTS) is 1. The molecule has 0 fully saturated rings. The van der Waals surface area contributed by atoms with Crippen molar-refractivity contribution in [2.75, 3.05) is 14.1 Å². The first-order chi connectivity index (χ1) is 6.77. The maximum absolute atomic E-state index is 11.5. The number of thioether (sulfide) groups is 1. The Morgan fingerprint density at radius 3 is 1.93 bits per heavy atom. The molecule has 1 amide bonds. The molecule has 0 aromatic heterocycles. The van der Waals surface area contributed by atoms with Gasteiger partial charge in [0.2, 0.25) is 5.91 Å². The first kappa shape index (κ1) is 14.3. The molecular weight excluding hydrogens is 214 g/mol. The highest BCUT2D eigenvalue weighted by atomic mass is 32.2. The van der Waals surface area contributed by atoms with Crippen molar-refractivity contribution in [2.45, 2.75) is 31.3 Å². The van der Waals surface area contributed by atoms with E-state index in [2.05, 4.69) is 0 Å². The minimum absolute atomic E-state index is 0.0184. The van der Waals surface area contributed by atoms with Gasteiger partial charge in [-0.15, -0.1) is 11.8 Å². The van der Waals surface area contributed by atoms with Crippen molar-refractivity contribution in [3.63, 3.8) is 0 Å². The molecule has 0 aliphatic heterocycles. The molecule has 0 saturated heterocycles. The van der Waals surface area contributed by atoms with Crippen molar-refractivity contribution >= 4 is 23.6 Å². The summed E-state index contributed by atoms with van der Waals surface area (Å²) in [5.41, 5.74) is 0. The van der Waals surface area contributed by atoms with Gasteiger partial charge in [-0.2, -0.15) is 0 Å². The number of carbonyl (C=O) groups is 2. The molecule has 1 N–H and O–H groups in total. The number of nitrogens with zero attached hydrogens (tertiary/aromatic N) is 1. The average molecular weight is 233 g/mol. The molecule has 0 aliphatic rings. The first-order valence-corrected chi connectivity index (χ1v) is 5.81. The van der Waals surface area contributed by atoms with Gasteiger partial charge >= 0.3 is 5.97 Å². The smallest absolute Gasteiger partial charge is 0.316 e. The van der Waals surface area contributed by atoms with E-state index in [0.29, 0.717) is 0 Å². The van der Waals surface area contributed by atoms with Crippen molar-refractivity contribution in [3.8, 4) is 0 Å². The topological polar surface area (TPSA) is 57.6 Å². The van der Waals surface area contributed by atoms with Crippen LogP contribution in [0.15, 0.2) is 0 Å². The third-order valence-electron chi connectivity index (χ3n) is 1.99. The molecule has 2 unspecified atom stereocenters. The minimum atomic E-state index is -0.853. The molecule has 4 nitrogen and oxygen atoms in total. The second-order valence-electron chi connectivity index (χ2n) is 4.01. The third kappa shape index (κ3) is 4.55. The summed E-state index contributed by atoms with van der Waals surface area (Å²) in [4.78, 5) is 23.9. The van der Waals surface area contributed by atoms with E-state index in [9.17, 15) is 9.59 Å². The molecule has 0 aliphatic carbocycles. The molecule has 0 bridgehead atoms. The highest BCUT2D eigenvalue weighted by Crippen LogP contribution is 2.25. The number of carbonyl (C=O) groups excluding carboxylic acids is 1. The van der Waals surface area contributed by atoms with Crippen molar-refractivity contribution < 1.29 is 14.7 Å². The molecule has 88 valence electrons. The van der Waals surface area contributed by atoms with E-state index in [1.54, 1.807) is 21.0 Å². The van der Waals surface area contributed by atoms with Gasteiger partial charge in [0.1, 0.15) is 5.25 Å². The number of amides is 1. The van der Waals surface area contributed by atoms with E-state index < -0.39 is 11.2 Å². The number of hydrogen-bond donors (Lipinski definition) is 1. The summed E-state index contributed by atoms with van der Waals surface area (Å²) in [6.45, 7) is 5.43. The van der Waals surface area contributed by atoms with Crippen LogP contribution >= 0.6 is 11.8 Å². The van der Waals surface area contributed by atoms with Gasteiger partial charge in [-0.25, -0.2) is 0 Å². The maximum Gasteiger partial charge on any atom is 0.316 e. The highest BCUT2D eigenvalue weighted by molar-refractivity contribution is 8.01. The van der Waals surface area contributed by atoms with E-state index in [0.717, 1.165) is 0 Å². The Morgan fingerprint density at radius 2 is 1.67 bits per heavy atom. The summed E-state index contributed by atoms with van der Waals surface area (Å²) < 4.78 is 0. The normalized spacial score (nSPS) is 14.8. The monoisotopic (exact) mass is 233 g/mol. The predicted molar refractivity (Wildman–Crippen MR) is 62.0 cm³/mol. The van der Waals surface area contributed by atoms with Crippen molar-refractivity contribution in [3.05, 3.63) is 0 Å². The van der Waals surface area contributed by atoms with Crippen LogP contribution in [0.2, 0.25) is 0 Å². The van der Waals surface area contributed by atoms with Crippen molar-refractivity contribution in [1.29, 1.82) is 0 Å². The molecule has 0 heterocycles. The zero-order valence-corrected chi connectivity index (χ0v) is 10.7. The molecule has 15 heavy (non-hydrogen) atoms. The summed E-state index contributed by atoms with van der Waals surface area (Å²) in [5, 5.41) is 8.13. The third-order valence-corrected chi connectivity index (χ3v) is 3.64. The van der Waals surface area contributed by atoms with Crippen LogP contribution in [0.3, 0.4) is 0 Å². The summed E-state index contributed by atoms with van der Waals surface area (Å²) in [7, 11) is 3.34. The van der Waals surface area contributed by atoms with Gasteiger partial charge in [0, 0.05) is 14.1 Å². The van der Waals surface area contributed by atoms with Crippen LogP contribution in [0.25, 0.3) is 0 Å². The van der Waals surface area contributed by atoms with E-state index >= 15 is 0 Å². The van der Waals surface area contributed by atoms with Gasteiger partial charge in [-0.3, -0.25) is 9.59 Å². The molecule has 0 aromatic rings. The number of hydrogen-bond acceptors (Lipinski definition) is 3. The molecular formula is C10H19NO3S. The molecule has 0 rings (SSSR count). The van der Waals surface area contributed by atoms with Crippen LogP contribution < -0.4 is 0 Å². The maximum atomic E-state index is 11.5. The van der Waals surface area contributed by atoms with Crippen molar-refractivity contribution in [1.82, 2.24) is 4.90 Å². The van der Waals surface area contributed by atoms with Crippen LogP contribution in [-0.2, 0) is 9.59 Å². The Bertz CT molecular complexity index is 241. The second kappa shape index (κ2) is 6.00. The molecule has 0 aromatic carbocycles. The van der Waals surface area contributed by atoms with Gasteiger partial charge < -0.3 is 10.0 Å². The standard InChI is InChI=1S/C10H19NO3S/c1-6(2)8(10(13)14)15-7(3)9(12)11(4)5/h6-8H,1-5H3,(H,13,14). The van der Waals surface area contributed by atoms with Gasteiger partial charge in [0.05, 0.1) is 5.25 Å². The zero-order valence-electron chi connectivity index (χ0n) is 9.85. The van der Waals surface area contributed by atoms with Gasteiger partial charge in [-0.05, 0) is 12.8 Å². The Hall–Kier alpha value is -0.710. The van der Waals surface area contributed by atoms with E-state index in [1.165, 1.54) is 16.7 Å². The molecule has 0 radical (unpaired) electrons. The lowest BCUT2D eigenvalue weighted by molar-refractivity contribution is -0.137. The summed E-state index contributed by atoms with van der Waals surface area (Å²) >= 11 is 1.21. The van der Waals surface area contributed by atoms with E-state index in [-0.39, 0.29) is 17.1 Å². The number of rotatable bonds is 5. The fraction of sp³-hybridized carbons (Fsp3) is 0.800.